The minimum atomic E-state index is 0. The van der Waals surface area contributed by atoms with E-state index >= 15 is 0 Å². The summed E-state index contributed by atoms with van der Waals surface area (Å²) in [5.74, 6) is 0. The van der Waals surface area contributed by atoms with Crippen molar-refractivity contribution < 1.29 is 19.2 Å². The summed E-state index contributed by atoms with van der Waals surface area (Å²) in [5.41, 5.74) is 5.32. The van der Waals surface area contributed by atoms with Crippen LogP contribution in [-0.4, -0.2) is 6.19 Å². The van der Waals surface area contributed by atoms with Gasteiger partial charge in [-0.2, -0.15) is 12.1 Å². The first-order valence-corrected chi connectivity index (χ1v) is 16.5. The largest absolute Gasteiger partial charge is 0.165 e. The van der Waals surface area contributed by atoms with Crippen LogP contribution in [0.5, 0.6) is 0 Å². The smallest absolute Gasteiger partial charge is 0.0114 e. The Balaban J connectivity index is 0.000000241. The van der Waals surface area contributed by atoms with Gasteiger partial charge in [0.15, 0.2) is 0 Å². The molecule has 6 aromatic carbocycles. The molecular formula is C32H32Cl2SiTi. The van der Waals surface area contributed by atoms with Crippen LogP contribution in [0.3, 0.4) is 0 Å². The molecule has 0 aliphatic heterocycles. The zero-order valence-corrected chi connectivity index (χ0v) is 25.4. The number of fused-ring (bicyclic) bond motifs is 3. The fourth-order valence-corrected chi connectivity index (χ4v) is 4.39. The number of hydrogen-bond donors (Lipinski definition) is 0. The quantitative estimate of drug-likeness (QED) is 0.138. The van der Waals surface area contributed by atoms with Crippen LogP contribution in [0.1, 0.15) is 11.1 Å². The third-order valence-electron chi connectivity index (χ3n) is 5.74. The molecule has 0 spiro atoms. The Hall–Kier alpha value is -2.13. The topological polar surface area (TPSA) is 0 Å². The molecule has 0 aromatic heterocycles. The first kappa shape index (κ1) is 30.1. The first-order valence-electron chi connectivity index (χ1n) is 11.7. The van der Waals surface area contributed by atoms with Crippen LogP contribution >= 0.6 is 24.8 Å². The van der Waals surface area contributed by atoms with Gasteiger partial charge in [-0.25, -0.2) is 0 Å². The summed E-state index contributed by atoms with van der Waals surface area (Å²) in [6, 6.07) is 39.1. The van der Waals surface area contributed by atoms with E-state index in [2.05, 4.69) is 155 Å². The third kappa shape index (κ3) is 7.45. The van der Waals surface area contributed by atoms with Gasteiger partial charge in [0.1, 0.15) is 0 Å². The fourth-order valence-electron chi connectivity index (χ4n) is 4.39. The van der Waals surface area contributed by atoms with E-state index in [4.69, 9.17) is 0 Å². The van der Waals surface area contributed by atoms with Crippen LogP contribution in [0.4, 0.5) is 0 Å². The second-order valence-electron chi connectivity index (χ2n) is 9.03. The van der Waals surface area contributed by atoms with Crippen molar-refractivity contribution in [1.29, 1.82) is 0 Å². The molecule has 0 saturated heterocycles. The number of halogens is 2. The van der Waals surface area contributed by atoms with E-state index < -0.39 is 0 Å². The van der Waals surface area contributed by atoms with Gasteiger partial charge in [-0.1, -0.05) is 74.0 Å². The molecule has 6 rings (SSSR count). The third-order valence-corrected chi connectivity index (χ3v) is 5.74. The summed E-state index contributed by atoms with van der Waals surface area (Å²) >= 11 is 2.27. The molecule has 0 bridgehead atoms. The zero-order chi connectivity index (χ0) is 24.1. The standard InChI is InChI=1S/C20H15.C10H9.C2H6Si.2ClH.Ti/c1-14-12-16-8-5-11-19(20(16)13-14)18-10-4-7-15-6-2-3-9-17(15)18;1-8-6-9-4-2-3-5-10(9)7-8;1-3-2;;;/h2-13H,1H3;2-7H,1H3;1-2H3;2*1H;/q2*-1;;;;+2. The van der Waals surface area contributed by atoms with E-state index in [1.165, 1.54) is 54.6 Å². The van der Waals surface area contributed by atoms with Crippen LogP contribution in [0.25, 0.3) is 43.4 Å². The predicted octanol–water partition coefficient (Wildman–Crippen LogP) is 10.2. The normalized spacial score (nSPS) is 9.94. The van der Waals surface area contributed by atoms with Gasteiger partial charge in [-0.05, 0) is 16.3 Å². The van der Waals surface area contributed by atoms with Gasteiger partial charge in [0, 0.05) is 0 Å². The first-order chi connectivity index (χ1) is 16.4. The maximum atomic E-state index is 2.28. The fraction of sp³-hybridized carbons (Fsp3) is 0.125. The van der Waals surface area contributed by atoms with Crippen molar-refractivity contribution in [3.05, 3.63) is 120 Å². The molecular weight excluding hydrogens is 531 g/mol. The minimum Gasteiger partial charge on any atom is -0.165 e. The van der Waals surface area contributed by atoms with Crippen molar-refractivity contribution in [2.75, 3.05) is 0 Å². The van der Waals surface area contributed by atoms with Crippen LogP contribution in [0.2, 0.25) is 13.1 Å². The number of aryl methyl sites for hydroxylation is 2. The molecule has 0 saturated carbocycles. The molecule has 36 heavy (non-hydrogen) atoms. The van der Waals surface area contributed by atoms with Crippen LogP contribution in [-0.2, 0) is 19.2 Å². The SMILES string of the molecule is C[Si](C)=[Ti+2].Cc1cc2c(-c3cccc4ccccc34)cccc2[cH-]1.Cc1cc2ccccc2[cH-]1.Cl.Cl. The molecule has 0 fully saturated rings. The molecule has 0 unspecified atom stereocenters. The van der Waals surface area contributed by atoms with Crippen molar-refractivity contribution in [2.45, 2.75) is 26.9 Å². The van der Waals surface area contributed by atoms with E-state index in [0.717, 1.165) is 0 Å². The molecule has 0 heterocycles. The molecule has 4 heteroatoms. The van der Waals surface area contributed by atoms with Crippen molar-refractivity contribution in [1.82, 2.24) is 0 Å². The number of hydrogen-bond acceptors (Lipinski definition) is 0. The molecule has 0 aliphatic rings. The Labute approximate surface area is 239 Å². The average molecular weight is 563 g/mol. The summed E-state index contributed by atoms with van der Waals surface area (Å²) in [4.78, 5) is 0. The summed E-state index contributed by atoms with van der Waals surface area (Å²) < 4.78 is 0. The summed E-state index contributed by atoms with van der Waals surface area (Å²) in [6.45, 7) is 8.82. The predicted molar refractivity (Wildman–Crippen MR) is 163 cm³/mol. The van der Waals surface area contributed by atoms with Crippen molar-refractivity contribution in [3.63, 3.8) is 0 Å². The van der Waals surface area contributed by atoms with Crippen molar-refractivity contribution >= 4 is 63.3 Å². The van der Waals surface area contributed by atoms with Gasteiger partial charge < -0.3 is 0 Å². The maximum Gasteiger partial charge on any atom is -0.0114 e. The molecule has 0 nitrogen and oxygen atoms in total. The molecule has 0 aliphatic carbocycles. The second kappa shape index (κ2) is 14.0. The van der Waals surface area contributed by atoms with E-state index in [9.17, 15) is 0 Å². The molecule has 6 aromatic rings. The Morgan fingerprint density at radius 2 is 1.03 bits per heavy atom. The summed E-state index contributed by atoms with van der Waals surface area (Å²) in [6.07, 6.45) is 0.120. The minimum absolute atomic E-state index is 0. The Morgan fingerprint density at radius 1 is 0.556 bits per heavy atom. The van der Waals surface area contributed by atoms with Gasteiger partial charge in [0.2, 0.25) is 0 Å². The number of benzene rings is 4. The Bertz CT molecular complexity index is 1530. The Kier molecular flexibility index (Phi) is 11.7. The zero-order valence-electron chi connectivity index (χ0n) is 21.2. The maximum absolute atomic E-state index is 2.28. The van der Waals surface area contributed by atoms with E-state index in [0.29, 0.717) is 0 Å². The van der Waals surface area contributed by atoms with E-state index in [1.807, 2.05) is 0 Å². The van der Waals surface area contributed by atoms with Gasteiger partial charge in [-0.3, -0.25) is 0 Å². The van der Waals surface area contributed by atoms with Gasteiger partial charge in [0.25, 0.3) is 0 Å². The van der Waals surface area contributed by atoms with Crippen molar-refractivity contribution in [2.24, 2.45) is 0 Å². The van der Waals surface area contributed by atoms with Crippen LogP contribution in [0.15, 0.2) is 109 Å². The summed E-state index contributed by atoms with van der Waals surface area (Å²) in [7, 11) is 0. The van der Waals surface area contributed by atoms with E-state index in [1.54, 1.807) is 0 Å². The van der Waals surface area contributed by atoms with Gasteiger partial charge in [0.05, 0.1) is 0 Å². The van der Waals surface area contributed by atoms with E-state index in [-0.39, 0.29) is 31.0 Å². The monoisotopic (exact) mass is 562 g/mol. The second-order valence-corrected chi connectivity index (χ2v) is 15.7. The molecule has 182 valence electrons. The summed E-state index contributed by atoms with van der Waals surface area (Å²) in [5, 5.41) is 7.99. The van der Waals surface area contributed by atoms with Crippen LogP contribution < -0.4 is 0 Å². The van der Waals surface area contributed by atoms with Gasteiger partial charge >= 0.3 is 38.5 Å². The Morgan fingerprint density at radius 3 is 1.72 bits per heavy atom. The van der Waals surface area contributed by atoms with Crippen LogP contribution in [0, 0.1) is 13.8 Å². The van der Waals surface area contributed by atoms with Gasteiger partial charge in [-0.15, -0.1) is 100.0 Å². The molecule has 0 N–H and O–H groups in total. The molecule has 0 atom stereocenters. The average Bonchev–Trinajstić information content (AvgIpc) is 3.39. The van der Waals surface area contributed by atoms with Crippen molar-refractivity contribution in [3.8, 4) is 11.1 Å². The molecule has 0 amide bonds. The molecule has 0 radical (unpaired) electrons. The number of rotatable bonds is 1.